The maximum absolute atomic E-state index is 3.59. The van der Waals surface area contributed by atoms with Crippen molar-refractivity contribution in [1.29, 1.82) is 0 Å². The van der Waals surface area contributed by atoms with Crippen LogP contribution in [0.2, 0.25) is 0 Å². The van der Waals surface area contributed by atoms with E-state index in [0.29, 0.717) is 0 Å². The first-order valence-electron chi connectivity index (χ1n) is 20.2. The number of hydrogen-bond acceptors (Lipinski definition) is 1. The Labute approximate surface area is 342 Å². The minimum absolute atomic E-state index is 0.971. The van der Waals surface area contributed by atoms with Crippen LogP contribution in [0.1, 0.15) is 45.5 Å². The summed E-state index contributed by atoms with van der Waals surface area (Å²) < 4.78 is 2.46. The monoisotopic (exact) mass is 746 g/mol. The molecule has 1 heterocycles. The van der Waals surface area contributed by atoms with Gasteiger partial charge in [0.15, 0.2) is 0 Å². The summed E-state index contributed by atoms with van der Waals surface area (Å²) in [5.41, 5.74) is 19.9. The molecule has 1 N–H and O–H groups in total. The number of aromatic nitrogens is 1. The lowest BCUT2D eigenvalue weighted by molar-refractivity contribution is 0.898. The van der Waals surface area contributed by atoms with E-state index in [0.717, 1.165) is 29.7 Å². The van der Waals surface area contributed by atoms with Gasteiger partial charge in [-0.3, -0.25) is 0 Å². The van der Waals surface area contributed by atoms with E-state index in [9.17, 15) is 0 Å². The van der Waals surface area contributed by atoms with Crippen LogP contribution in [-0.2, 0) is 6.42 Å². The van der Waals surface area contributed by atoms with Crippen LogP contribution < -0.4 is 5.32 Å². The molecule has 8 aromatic rings. The predicted octanol–water partition coefficient (Wildman–Crippen LogP) is 14.8. The molecule has 1 aliphatic carbocycles. The minimum Gasteiger partial charge on any atom is -0.362 e. The average molecular weight is 747 g/mol. The molecule has 2 heteroatoms. The first-order valence-corrected chi connectivity index (χ1v) is 20.2. The molecule has 1 aromatic heterocycles. The number of rotatable bonds is 10. The number of benzene rings is 7. The predicted molar refractivity (Wildman–Crippen MR) is 249 cm³/mol. The number of anilines is 1. The lowest BCUT2D eigenvalue weighted by Gasteiger charge is -2.19. The summed E-state index contributed by atoms with van der Waals surface area (Å²) in [4.78, 5) is 0. The number of para-hydroxylation sites is 1. The van der Waals surface area contributed by atoms with Crippen molar-refractivity contribution >= 4 is 39.9 Å². The van der Waals surface area contributed by atoms with Gasteiger partial charge >= 0.3 is 0 Å². The molecular weight excluding hydrogens is 701 g/mol. The molecule has 0 saturated heterocycles. The number of aryl methyl sites for hydroxylation is 2. The highest BCUT2D eigenvalue weighted by Gasteiger charge is 2.22. The Morgan fingerprint density at radius 2 is 1.26 bits per heavy atom. The highest BCUT2D eigenvalue weighted by Crippen LogP contribution is 2.40. The van der Waals surface area contributed by atoms with Crippen LogP contribution in [0.4, 0.5) is 5.69 Å². The van der Waals surface area contributed by atoms with Crippen molar-refractivity contribution in [3.63, 3.8) is 0 Å². The lowest BCUT2D eigenvalue weighted by Crippen LogP contribution is -2.05. The van der Waals surface area contributed by atoms with Crippen molar-refractivity contribution in [2.24, 2.45) is 0 Å². The standard InChI is InChI=1S/C56H46N2/c1-40-15-12-13-23-51(40)53-37-47(28-24-41(53)2)48-32-35-55-54(38-48)52-34-33-49(39-56(52)58(55)50-21-10-5-11-22-50)57-36-14-20-45(43-16-6-3-7-17-43)29-25-42-26-30-46(31-27-42)44-18-8-4-9-19-44/h3-31,33-34,36-39,57H,32,35H2,1-2H3/b29-25-,36-14+,45-20+. The van der Waals surface area contributed by atoms with Crippen molar-refractivity contribution in [2.75, 3.05) is 5.32 Å². The van der Waals surface area contributed by atoms with Crippen molar-refractivity contribution in [3.05, 3.63) is 239 Å². The van der Waals surface area contributed by atoms with Crippen molar-refractivity contribution in [1.82, 2.24) is 4.57 Å². The summed E-state index contributed by atoms with van der Waals surface area (Å²) >= 11 is 0. The van der Waals surface area contributed by atoms with Crippen LogP contribution in [0.25, 0.3) is 62.1 Å². The summed E-state index contributed by atoms with van der Waals surface area (Å²) in [6.07, 6.45) is 15.1. The molecule has 7 aromatic carbocycles. The largest absolute Gasteiger partial charge is 0.362 e. The second-order valence-electron chi connectivity index (χ2n) is 15.1. The topological polar surface area (TPSA) is 17.0 Å². The molecule has 1 aliphatic rings. The molecule has 58 heavy (non-hydrogen) atoms. The van der Waals surface area contributed by atoms with E-state index >= 15 is 0 Å². The van der Waals surface area contributed by atoms with Gasteiger partial charge in [-0.25, -0.2) is 0 Å². The van der Waals surface area contributed by atoms with Crippen LogP contribution in [0.5, 0.6) is 0 Å². The molecule has 0 bridgehead atoms. The maximum Gasteiger partial charge on any atom is 0.0558 e. The number of hydrogen-bond donors (Lipinski definition) is 1. The first-order chi connectivity index (χ1) is 28.6. The van der Waals surface area contributed by atoms with Crippen molar-refractivity contribution in [2.45, 2.75) is 26.7 Å². The normalized spacial score (nSPS) is 12.9. The van der Waals surface area contributed by atoms with E-state index in [1.807, 2.05) is 6.20 Å². The van der Waals surface area contributed by atoms with E-state index in [-0.39, 0.29) is 0 Å². The average Bonchev–Trinajstić information content (AvgIpc) is 3.60. The summed E-state index contributed by atoms with van der Waals surface area (Å²) in [5, 5.41) is 4.86. The van der Waals surface area contributed by atoms with Crippen LogP contribution in [0, 0.1) is 13.8 Å². The second kappa shape index (κ2) is 16.5. The molecule has 9 rings (SSSR count). The maximum atomic E-state index is 3.59. The molecule has 0 radical (unpaired) electrons. The molecule has 0 amide bonds. The Morgan fingerprint density at radius 1 is 0.586 bits per heavy atom. The molecule has 2 nitrogen and oxygen atoms in total. The van der Waals surface area contributed by atoms with Gasteiger partial charge in [0.25, 0.3) is 0 Å². The fraction of sp³-hybridized carbons (Fsp3) is 0.0714. The smallest absolute Gasteiger partial charge is 0.0558 e. The molecule has 0 saturated carbocycles. The van der Waals surface area contributed by atoms with Crippen molar-refractivity contribution < 1.29 is 0 Å². The summed E-state index contributed by atoms with van der Waals surface area (Å²) in [6.45, 7) is 4.42. The fourth-order valence-electron chi connectivity index (χ4n) is 8.23. The molecule has 0 aliphatic heterocycles. The van der Waals surface area contributed by atoms with E-state index in [2.05, 4.69) is 230 Å². The van der Waals surface area contributed by atoms with Gasteiger partial charge < -0.3 is 9.88 Å². The minimum atomic E-state index is 0.971. The number of nitrogens with one attached hydrogen (secondary N) is 1. The van der Waals surface area contributed by atoms with Gasteiger partial charge in [0.2, 0.25) is 0 Å². The van der Waals surface area contributed by atoms with E-state index < -0.39 is 0 Å². The highest BCUT2D eigenvalue weighted by molar-refractivity contribution is 6.00. The van der Waals surface area contributed by atoms with E-state index in [1.54, 1.807) is 0 Å². The second-order valence-corrected chi connectivity index (χ2v) is 15.1. The first kappa shape index (κ1) is 36.5. The SMILES string of the molecule is Cc1ccccc1-c1cc(C2=Cc3c(n(-c4ccccc4)c4cc(N/C=C/C=C(\C=C/c5ccc(-c6ccccc6)cc5)c5ccccc5)ccc34)CC2)ccc1C. The van der Waals surface area contributed by atoms with Gasteiger partial charge in [0.05, 0.1) is 5.52 Å². The summed E-state index contributed by atoms with van der Waals surface area (Å²) in [7, 11) is 0. The van der Waals surface area contributed by atoms with Gasteiger partial charge in [-0.05, 0) is 130 Å². The Hall–Kier alpha value is -7.16. The third-order valence-electron chi connectivity index (χ3n) is 11.3. The zero-order valence-corrected chi connectivity index (χ0v) is 33.1. The molecule has 0 unspecified atom stereocenters. The van der Waals surface area contributed by atoms with Gasteiger partial charge in [-0.1, -0.05) is 164 Å². The Bertz CT molecular complexity index is 2830. The van der Waals surface area contributed by atoms with Crippen molar-refractivity contribution in [3.8, 4) is 27.9 Å². The van der Waals surface area contributed by atoms with Crippen LogP contribution in [0.15, 0.2) is 200 Å². The molecule has 0 fully saturated rings. The Morgan fingerprint density at radius 3 is 2.03 bits per heavy atom. The van der Waals surface area contributed by atoms with Crippen LogP contribution in [-0.4, -0.2) is 4.57 Å². The molecule has 0 spiro atoms. The van der Waals surface area contributed by atoms with Crippen LogP contribution in [0.3, 0.4) is 0 Å². The molecule has 0 atom stereocenters. The number of nitrogens with zero attached hydrogens (tertiary/aromatic N) is 1. The van der Waals surface area contributed by atoms with E-state index in [4.69, 9.17) is 0 Å². The Balaban J connectivity index is 1.01. The summed E-state index contributed by atoms with van der Waals surface area (Å²) in [6, 6.07) is 63.1. The van der Waals surface area contributed by atoms with Gasteiger partial charge in [-0.15, -0.1) is 0 Å². The van der Waals surface area contributed by atoms with Gasteiger partial charge in [-0.2, -0.15) is 0 Å². The quantitative estimate of drug-likeness (QED) is 0.138. The number of allylic oxidation sites excluding steroid dienone is 5. The molecular formula is C56H46N2. The number of fused-ring (bicyclic) bond motifs is 3. The zero-order chi connectivity index (χ0) is 39.3. The fourth-order valence-corrected chi connectivity index (χ4v) is 8.23. The molecule has 280 valence electrons. The Kier molecular flexibility index (Phi) is 10.4. The third kappa shape index (κ3) is 7.65. The summed E-state index contributed by atoms with van der Waals surface area (Å²) in [5.74, 6) is 0. The zero-order valence-electron chi connectivity index (χ0n) is 33.1. The van der Waals surface area contributed by atoms with Gasteiger partial charge in [0, 0.05) is 34.2 Å². The lowest BCUT2D eigenvalue weighted by atomic mass is 9.88. The van der Waals surface area contributed by atoms with E-state index in [1.165, 1.54) is 77.9 Å². The third-order valence-corrected chi connectivity index (χ3v) is 11.3. The van der Waals surface area contributed by atoms with Gasteiger partial charge in [0.1, 0.15) is 0 Å². The van der Waals surface area contributed by atoms with Crippen LogP contribution >= 0.6 is 0 Å². The highest BCUT2D eigenvalue weighted by atomic mass is 15.0.